The normalized spacial score (nSPS) is 18.9. The number of carbonyl (C=O) groups is 1. The second kappa shape index (κ2) is 7.52. The summed E-state index contributed by atoms with van der Waals surface area (Å²) >= 11 is 0. The van der Waals surface area contributed by atoms with Crippen molar-refractivity contribution in [2.24, 2.45) is 0 Å². The average molecular weight is 367 g/mol. The summed E-state index contributed by atoms with van der Waals surface area (Å²) in [7, 11) is 0. The topological polar surface area (TPSA) is 72.5 Å². The van der Waals surface area contributed by atoms with Crippen LogP contribution in [0.2, 0.25) is 0 Å². The SMILES string of the molecule is C[C@@H](C(=O)N1CCN(c2ncc[nH]c2=O)CC1)N1CCc2ccccc2C1. The van der Waals surface area contributed by atoms with Gasteiger partial charge in [-0.2, -0.15) is 0 Å². The molecule has 7 nitrogen and oxygen atoms in total. The van der Waals surface area contributed by atoms with E-state index in [-0.39, 0.29) is 17.5 Å². The van der Waals surface area contributed by atoms with Crippen molar-refractivity contribution in [3.05, 3.63) is 58.1 Å². The van der Waals surface area contributed by atoms with Gasteiger partial charge in [-0.3, -0.25) is 14.5 Å². The number of hydrogen-bond acceptors (Lipinski definition) is 5. The van der Waals surface area contributed by atoms with Gasteiger partial charge in [0, 0.05) is 51.7 Å². The van der Waals surface area contributed by atoms with E-state index in [1.165, 1.54) is 17.3 Å². The number of rotatable bonds is 3. The van der Waals surface area contributed by atoms with Gasteiger partial charge in [-0.05, 0) is 24.5 Å². The van der Waals surface area contributed by atoms with Crippen LogP contribution in [-0.4, -0.2) is 64.4 Å². The molecule has 27 heavy (non-hydrogen) atoms. The summed E-state index contributed by atoms with van der Waals surface area (Å²) in [5.74, 6) is 0.606. The predicted molar refractivity (Wildman–Crippen MR) is 104 cm³/mol. The van der Waals surface area contributed by atoms with Gasteiger partial charge in [-0.25, -0.2) is 4.98 Å². The third kappa shape index (κ3) is 3.60. The number of carbonyl (C=O) groups excluding carboxylic acids is 1. The highest BCUT2D eigenvalue weighted by molar-refractivity contribution is 5.81. The van der Waals surface area contributed by atoms with Crippen molar-refractivity contribution in [1.29, 1.82) is 0 Å². The molecule has 1 aromatic heterocycles. The molecule has 1 fully saturated rings. The molecule has 0 unspecified atom stereocenters. The van der Waals surface area contributed by atoms with Crippen LogP contribution in [0.3, 0.4) is 0 Å². The van der Waals surface area contributed by atoms with E-state index >= 15 is 0 Å². The van der Waals surface area contributed by atoms with Gasteiger partial charge < -0.3 is 14.8 Å². The number of aromatic nitrogens is 2. The highest BCUT2D eigenvalue weighted by Gasteiger charge is 2.30. The molecular formula is C20H25N5O2. The lowest BCUT2D eigenvalue weighted by Crippen LogP contribution is -2.55. The van der Waals surface area contributed by atoms with E-state index in [1.807, 2.05) is 16.7 Å². The number of fused-ring (bicyclic) bond motifs is 1. The number of anilines is 1. The van der Waals surface area contributed by atoms with Crippen LogP contribution in [-0.2, 0) is 17.8 Å². The third-order valence-corrected chi connectivity index (χ3v) is 5.65. The Kier molecular flexibility index (Phi) is 4.94. The molecule has 0 spiro atoms. The first-order valence-electron chi connectivity index (χ1n) is 9.52. The number of nitrogens with one attached hydrogen (secondary N) is 1. The summed E-state index contributed by atoms with van der Waals surface area (Å²) in [5, 5.41) is 0. The van der Waals surface area contributed by atoms with E-state index in [4.69, 9.17) is 0 Å². The van der Waals surface area contributed by atoms with Crippen molar-refractivity contribution in [3.8, 4) is 0 Å². The van der Waals surface area contributed by atoms with Crippen LogP contribution in [0.5, 0.6) is 0 Å². The van der Waals surface area contributed by atoms with E-state index < -0.39 is 0 Å². The Bertz CT molecular complexity index is 872. The van der Waals surface area contributed by atoms with Crippen LogP contribution < -0.4 is 10.5 Å². The maximum Gasteiger partial charge on any atom is 0.290 e. The molecular weight excluding hydrogens is 342 g/mol. The number of benzene rings is 1. The summed E-state index contributed by atoms with van der Waals surface area (Å²) in [6, 6.07) is 8.34. The molecule has 1 amide bonds. The fourth-order valence-corrected chi connectivity index (χ4v) is 3.98. The summed E-state index contributed by atoms with van der Waals surface area (Å²) in [5.41, 5.74) is 2.53. The summed E-state index contributed by atoms with van der Waals surface area (Å²) in [6.45, 7) is 6.22. The molecule has 2 aliphatic rings. The Morgan fingerprint density at radius 1 is 1.11 bits per heavy atom. The largest absolute Gasteiger partial charge is 0.348 e. The fraction of sp³-hybridized carbons (Fsp3) is 0.450. The first-order valence-corrected chi connectivity index (χ1v) is 9.52. The molecule has 7 heteroatoms. The number of H-pyrrole nitrogens is 1. The molecule has 142 valence electrons. The summed E-state index contributed by atoms with van der Waals surface area (Å²) in [4.78, 5) is 37.9. The fourth-order valence-electron chi connectivity index (χ4n) is 3.98. The van der Waals surface area contributed by atoms with Crippen LogP contribution in [0.1, 0.15) is 18.1 Å². The maximum atomic E-state index is 13.0. The smallest absolute Gasteiger partial charge is 0.290 e. The number of piperazine rings is 1. The average Bonchev–Trinajstić information content (AvgIpc) is 2.73. The van der Waals surface area contributed by atoms with Gasteiger partial charge in [-0.15, -0.1) is 0 Å². The Labute approximate surface area is 158 Å². The molecule has 0 saturated carbocycles. The standard InChI is InChI=1S/C20H25N5O2/c1-15(25-9-6-16-4-2-3-5-17(16)14-25)20(27)24-12-10-23(11-13-24)18-19(26)22-8-7-21-18/h2-5,7-8,15H,6,9-14H2,1H3,(H,22,26)/t15-/m0/s1. The minimum absolute atomic E-state index is 0.136. The molecule has 2 aliphatic heterocycles. The molecule has 2 aromatic rings. The zero-order chi connectivity index (χ0) is 18.8. The monoisotopic (exact) mass is 367 g/mol. The second-order valence-electron chi connectivity index (χ2n) is 7.22. The van der Waals surface area contributed by atoms with Gasteiger partial charge in [0.25, 0.3) is 5.56 Å². The lowest BCUT2D eigenvalue weighted by atomic mass is 9.98. The molecule has 0 bridgehead atoms. The number of amides is 1. The number of hydrogen-bond donors (Lipinski definition) is 1. The minimum Gasteiger partial charge on any atom is -0.348 e. The van der Waals surface area contributed by atoms with E-state index in [2.05, 4.69) is 39.1 Å². The van der Waals surface area contributed by atoms with Crippen LogP contribution in [0.25, 0.3) is 0 Å². The van der Waals surface area contributed by atoms with E-state index in [0.717, 1.165) is 19.5 Å². The van der Waals surface area contributed by atoms with Gasteiger partial charge in [0.2, 0.25) is 5.91 Å². The Balaban J connectivity index is 1.37. The van der Waals surface area contributed by atoms with Gasteiger partial charge in [0.15, 0.2) is 5.82 Å². The molecule has 0 aliphatic carbocycles. The molecule has 1 N–H and O–H groups in total. The first-order chi connectivity index (χ1) is 13.1. The highest BCUT2D eigenvalue weighted by atomic mass is 16.2. The van der Waals surface area contributed by atoms with Gasteiger partial charge >= 0.3 is 0 Å². The maximum absolute atomic E-state index is 13.0. The minimum atomic E-state index is -0.183. The van der Waals surface area contributed by atoms with Gasteiger partial charge in [-0.1, -0.05) is 24.3 Å². The van der Waals surface area contributed by atoms with Crippen molar-refractivity contribution in [3.63, 3.8) is 0 Å². The van der Waals surface area contributed by atoms with Gasteiger partial charge in [0.1, 0.15) is 0 Å². The van der Waals surface area contributed by atoms with Crippen LogP contribution >= 0.6 is 0 Å². The highest BCUT2D eigenvalue weighted by Crippen LogP contribution is 2.21. The Morgan fingerprint density at radius 3 is 2.59 bits per heavy atom. The second-order valence-corrected chi connectivity index (χ2v) is 7.22. The zero-order valence-corrected chi connectivity index (χ0v) is 15.6. The molecule has 1 aromatic carbocycles. The van der Waals surface area contributed by atoms with Crippen molar-refractivity contribution in [2.45, 2.75) is 25.9 Å². The quantitative estimate of drug-likeness (QED) is 0.871. The Morgan fingerprint density at radius 2 is 1.85 bits per heavy atom. The van der Waals surface area contributed by atoms with Crippen molar-refractivity contribution < 1.29 is 4.79 Å². The van der Waals surface area contributed by atoms with Crippen molar-refractivity contribution >= 4 is 11.7 Å². The summed E-state index contributed by atoms with van der Waals surface area (Å²) < 4.78 is 0. The van der Waals surface area contributed by atoms with Gasteiger partial charge in [0.05, 0.1) is 6.04 Å². The van der Waals surface area contributed by atoms with Crippen LogP contribution in [0.15, 0.2) is 41.5 Å². The van der Waals surface area contributed by atoms with Crippen LogP contribution in [0, 0.1) is 0 Å². The molecule has 4 rings (SSSR count). The van der Waals surface area contributed by atoms with Crippen molar-refractivity contribution in [2.75, 3.05) is 37.6 Å². The number of aromatic amines is 1. The first kappa shape index (κ1) is 17.7. The zero-order valence-electron chi connectivity index (χ0n) is 15.6. The van der Waals surface area contributed by atoms with Crippen LogP contribution in [0.4, 0.5) is 5.82 Å². The lowest BCUT2D eigenvalue weighted by Gasteiger charge is -2.39. The van der Waals surface area contributed by atoms with Crippen molar-refractivity contribution in [1.82, 2.24) is 19.8 Å². The van der Waals surface area contributed by atoms with E-state index in [1.54, 1.807) is 6.20 Å². The van der Waals surface area contributed by atoms with E-state index in [9.17, 15) is 9.59 Å². The molecule has 0 radical (unpaired) electrons. The molecule has 1 saturated heterocycles. The predicted octanol–water partition coefficient (Wildman–Crippen LogP) is 0.865. The third-order valence-electron chi connectivity index (χ3n) is 5.65. The lowest BCUT2D eigenvalue weighted by molar-refractivity contribution is -0.137. The Hall–Kier alpha value is -2.67. The van der Waals surface area contributed by atoms with E-state index in [0.29, 0.717) is 32.0 Å². The summed E-state index contributed by atoms with van der Waals surface area (Å²) in [6.07, 6.45) is 4.11. The number of nitrogens with zero attached hydrogens (tertiary/aromatic N) is 4. The molecule has 1 atom stereocenters. The molecule has 3 heterocycles.